The zero-order valence-electron chi connectivity index (χ0n) is 10.3. The van der Waals surface area contributed by atoms with E-state index in [0.29, 0.717) is 25.9 Å². The van der Waals surface area contributed by atoms with Gasteiger partial charge in [0.2, 0.25) is 5.91 Å². The van der Waals surface area contributed by atoms with Crippen LogP contribution < -0.4 is 0 Å². The van der Waals surface area contributed by atoms with Crippen molar-refractivity contribution in [1.29, 1.82) is 0 Å². The molecular weight excluding hydrogens is 234 g/mol. The molecule has 1 fully saturated rings. The highest BCUT2D eigenvalue weighted by Crippen LogP contribution is 2.29. The molecule has 2 N–H and O–H groups in total. The van der Waals surface area contributed by atoms with Gasteiger partial charge < -0.3 is 15.1 Å². The molecule has 0 aromatic carbocycles. The molecule has 100 valence electrons. The minimum absolute atomic E-state index is 0.0669. The second kappa shape index (κ2) is 5.52. The average Bonchev–Trinajstić information content (AvgIpc) is 2.86. The fourth-order valence-electron chi connectivity index (χ4n) is 2.78. The van der Waals surface area contributed by atoms with E-state index in [0.717, 1.165) is 6.42 Å². The molecule has 1 saturated heterocycles. The third-order valence-corrected chi connectivity index (χ3v) is 3.92. The lowest BCUT2D eigenvalue weighted by Crippen LogP contribution is -2.40. The number of amides is 1. The number of nitrogens with zero attached hydrogens (tertiary/aromatic N) is 1. The Balaban J connectivity index is 2.03. The molecule has 1 aliphatic carbocycles. The molecule has 5 heteroatoms. The van der Waals surface area contributed by atoms with Crippen molar-refractivity contribution < 1.29 is 19.8 Å². The predicted octanol–water partition coefficient (Wildman–Crippen LogP) is 0.494. The Morgan fingerprint density at radius 3 is 2.44 bits per heavy atom. The first-order valence-corrected chi connectivity index (χ1v) is 6.41. The number of aliphatic hydroxyl groups is 1. The third-order valence-electron chi connectivity index (χ3n) is 3.92. The Morgan fingerprint density at radius 1 is 1.22 bits per heavy atom. The lowest BCUT2D eigenvalue weighted by Gasteiger charge is -2.28. The zero-order chi connectivity index (χ0) is 13.1. The summed E-state index contributed by atoms with van der Waals surface area (Å²) in [7, 11) is 0. The molecule has 2 rings (SSSR count). The molecule has 0 aromatic rings. The van der Waals surface area contributed by atoms with Gasteiger partial charge in [0.25, 0.3) is 0 Å². The number of carboxylic acids is 1. The van der Waals surface area contributed by atoms with Gasteiger partial charge in [-0.25, -0.2) is 0 Å². The lowest BCUT2D eigenvalue weighted by atomic mass is 9.82. The molecule has 0 bridgehead atoms. The van der Waals surface area contributed by atoms with E-state index in [1.165, 1.54) is 0 Å². The first kappa shape index (κ1) is 13.1. The molecule has 0 spiro atoms. The molecule has 0 radical (unpaired) electrons. The Morgan fingerprint density at radius 2 is 1.89 bits per heavy atom. The highest BCUT2D eigenvalue weighted by Gasteiger charge is 2.38. The number of allylic oxidation sites excluding steroid dienone is 2. The van der Waals surface area contributed by atoms with Crippen LogP contribution in [0.25, 0.3) is 0 Å². The van der Waals surface area contributed by atoms with Crippen LogP contribution in [-0.2, 0) is 9.59 Å². The Kier molecular flexibility index (Phi) is 4.01. The predicted molar refractivity (Wildman–Crippen MR) is 64.8 cm³/mol. The van der Waals surface area contributed by atoms with Crippen molar-refractivity contribution in [2.45, 2.75) is 19.3 Å². The number of carboxylic acid groups (broad SMARTS) is 1. The maximum atomic E-state index is 12.3. The van der Waals surface area contributed by atoms with Crippen LogP contribution in [-0.4, -0.2) is 46.7 Å². The van der Waals surface area contributed by atoms with E-state index in [1.807, 2.05) is 12.2 Å². The molecule has 3 atom stereocenters. The second-order valence-electron chi connectivity index (χ2n) is 5.12. The molecule has 0 saturated carbocycles. The first-order valence-electron chi connectivity index (χ1n) is 6.41. The maximum absolute atomic E-state index is 12.3. The summed E-state index contributed by atoms with van der Waals surface area (Å²) in [6.45, 7) is 1.29. The monoisotopic (exact) mass is 253 g/mol. The summed E-state index contributed by atoms with van der Waals surface area (Å²) in [5, 5.41) is 18.2. The van der Waals surface area contributed by atoms with Crippen LogP contribution in [0.3, 0.4) is 0 Å². The largest absolute Gasteiger partial charge is 0.481 e. The van der Waals surface area contributed by atoms with Gasteiger partial charge in [0.1, 0.15) is 0 Å². The van der Waals surface area contributed by atoms with Gasteiger partial charge in [-0.1, -0.05) is 12.2 Å². The summed E-state index contributed by atoms with van der Waals surface area (Å²) in [5.41, 5.74) is 0. The van der Waals surface area contributed by atoms with Gasteiger partial charge >= 0.3 is 5.97 Å². The van der Waals surface area contributed by atoms with Crippen LogP contribution in [0.2, 0.25) is 0 Å². The van der Waals surface area contributed by atoms with E-state index in [4.69, 9.17) is 10.2 Å². The molecular formula is C13H19NO4. The van der Waals surface area contributed by atoms with E-state index < -0.39 is 17.8 Å². The number of likely N-dealkylation sites (tertiary alicyclic amines) is 1. The van der Waals surface area contributed by atoms with Crippen LogP contribution in [0.15, 0.2) is 12.2 Å². The normalized spacial score (nSPS) is 31.6. The minimum Gasteiger partial charge on any atom is -0.481 e. The molecule has 0 aromatic heterocycles. The van der Waals surface area contributed by atoms with Gasteiger partial charge in [-0.15, -0.1) is 0 Å². The van der Waals surface area contributed by atoms with Gasteiger partial charge in [-0.3, -0.25) is 9.59 Å². The summed E-state index contributed by atoms with van der Waals surface area (Å²) in [6.07, 6.45) is 5.48. The van der Waals surface area contributed by atoms with Crippen LogP contribution in [0, 0.1) is 17.8 Å². The van der Waals surface area contributed by atoms with Crippen LogP contribution in [0.1, 0.15) is 19.3 Å². The van der Waals surface area contributed by atoms with Gasteiger partial charge in [0.05, 0.1) is 11.8 Å². The summed E-state index contributed by atoms with van der Waals surface area (Å²) < 4.78 is 0. The quantitative estimate of drug-likeness (QED) is 0.718. The van der Waals surface area contributed by atoms with Crippen LogP contribution in [0.5, 0.6) is 0 Å². The van der Waals surface area contributed by atoms with E-state index in [2.05, 4.69) is 0 Å². The standard InChI is InChI=1S/C13H19NO4/c15-8-9-5-6-14(7-9)12(16)10-3-1-2-4-11(10)13(17)18/h1-2,9-11,15H,3-8H2,(H,17,18). The number of carbonyl (C=O) groups excluding carboxylic acids is 1. The fourth-order valence-corrected chi connectivity index (χ4v) is 2.78. The molecule has 1 amide bonds. The van der Waals surface area contributed by atoms with Crippen LogP contribution >= 0.6 is 0 Å². The van der Waals surface area contributed by atoms with Crippen molar-refractivity contribution in [3.8, 4) is 0 Å². The smallest absolute Gasteiger partial charge is 0.307 e. The first-order chi connectivity index (χ1) is 8.63. The van der Waals surface area contributed by atoms with E-state index >= 15 is 0 Å². The average molecular weight is 253 g/mol. The molecule has 3 unspecified atom stereocenters. The summed E-state index contributed by atoms with van der Waals surface area (Å²) >= 11 is 0. The highest BCUT2D eigenvalue weighted by atomic mass is 16.4. The third kappa shape index (κ3) is 2.56. The highest BCUT2D eigenvalue weighted by molar-refractivity contribution is 5.85. The number of rotatable bonds is 3. The van der Waals surface area contributed by atoms with E-state index in [9.17, 15) is 9.59 Å². The van der Waals surface area contributed by atoms with Crippen LogP contribution in [0.4, 0.5) is 0 Å². The van der Waals surface area contributed by atoms with Crippen molar-refractivity contribution in [3.63, 3.8) is 0 Å². The van der Waals surface area contributed by atoms with Gasteiger partial charge in [-0.05, 0) is 19.3 Å². The van der Waals surface area contributed by atoms with Crippen molar-refractivity contribution in [2.24, 2.45) is 17.8 Å². The van der Waals surface area contributed by atoms with Crippen molar-refractivity contribution in [1.82, 2.24) is 4.90 Å². The van der Waals surface area contributed by atoms with Crippen molar-refractivity contribution in [2.75, 3.05) is 19.7 Å². The number of aliphatic carboxylic acids is 1. The number of hydrogen-bond donors (Lipinski definition) is 2. The zero-order valence-corrected chi connectivity index (χ0v) is 10.3. The van der Waals surface area contributed by atoms with Crippen molar-refractivity contribution >= 4 is 11.9 Å². The number of hydrogen-bond acceptors (Lipinski definition) is 3. The molecule has 2 aliphatic rings. The van der Waals surface area contributed by atoms with E-state index in [1.54, 1.807) is 4.90 Å². The van der Waals surface area contributed by atoms with Crippen molar-refractivity contribution in [3.05, 3.63) is 12.2 Å². The topological polar surface area (TPSA) is 77.8 Å². The summed E-state index contributed by atoms with van der Waals surface area (Å²) in [5.74, 6) is -1.85. The number of aliphatic hydroxyl groups excluding tert-OH is 1. The lowest BCUT2D eigenvalue weighted by molar-refractivity contribution is -0.150. The second-order valence-corrected chi connectivity index (χ2v) is 5.12. The van der Waals surface area contributed by atoms with E-state index in [-0.39, 0.29) is 18.4 Å². The summed E-state index contributed by atoms with van der Waals surface area (Å²) in [6, 6.07) is 0. The summed E-state index contributed by atoms with van der Waals surface area (Å²) in [4.78, 5) is 25.2. The Bertz CT molecular complexity index is 366. The Labute approximate surface area is 106 Å². The maximum Gasteiger partial charge on any atom is 0.307 e. The van der Waals surface area contributed by atoms with Gasteiger partial charge in [-0.2, -0.15) is 0 Å². The SMILES string of the molecule is O=C(O)C1CC=CCC1C(=O)N1CCC(CO)C1. The molecule has 1 heterocycles. The molecule has 1 aliphatic heterocycles. The van der Waals surface area contributed by atoms with Gasteiger partial charge in [0.15, 0.2) is 0 Å². The minimum atomic E-state index is -0.893. The number of carbonyl (C=O) groups is 2. The fraction of sp³-hybridized carbons (Fsp3) is 0.692. The Hall–Kier alpha value is -1.36. The molecule has 18 heavy (non-hydrogen) atoms. The van der Waals surface area contributed by atoms with Gasteiger partial charge in [0, 0.05) is 25.6 Å². The molecule has 5 nitrogen and oxygen atoms in total.